The van der Waals surface area contributed by atoms with E-state index in [1.807, 2.05) is 6.07 Å². The molecule has 1 unspecified atom stereocenters. The minimum absolute atomic E-state index is 0.517. The lowest BCUT2D eigenvalue weighted by atomic mass is 9.81. The number of hydrogen-bond donors (Lipinski definition) is 2. The monoisotopic (exact) mass is 231 g/mol. The molecular formula is C10H14ClNOS. The molecule has 0 aliphatic heterocycles. The number of aryl methyl sites for hydroxylation is 1. The highest BCUT2D eigenvalue weighted by Gasteiger charge is 2.34. The number of thiophene rings is 1. The molecule has 4 heteroatoms. The zero-order valence-corrected chi connectivity index (χ0v) is 9.50. The van der Waals surface area contributed by atoms with Gasteiger partial charge in [-0.3, -0.25) is 0 Å². The standard InChI is InChI=1S/C10H14ClNOS/c11-9-6-7-8(14-9)2-1-3-10(7,13)4-5-12/h6,13H,1-5,12H2. The number of rotatable bonds is 2. The largest absolute Gasteiger partial charge is 0.385 e. The average molecular weight is 232 g/mol. The van der Waals surface area contributed by atoms with E-state index >= 15 is 0 Å². The molecule has 0 saturated carbocycles. The van der Waals surface area contributed by atoms with E-state index in [4.69, 9.17) is 17.3 Å². The summed E-state index contributed by atoms with van der Waals surface area (Å²) in [5.74, 6) is 0. The molecule has 1 atom stereocenters. The molecule has 2 nitrogen and oxygen atoms in total. The fourth-order valence-electron chi connectivity index (χ4n) is 2.15. The Morgan fingerprint density at radius 2 is 2.43 bits per heavy atom. The first-order chi connectivity index (χ1) is 6.65. The van der Waals surface area contributed by atoms with Crippen molar-refractivity contribution >= 4 is 22.9 Å². The molecule has 0 amide bonds. The second kappa shape index (κ2) is 3.81. The van der Waals surface area contributed by atoms with Crippen molar-refractivity contribution in [2.45, 2.75) is 31.3 Å². The first kappa shape index (κ1) is 10.4. The van der Waals surface area contributed by atoms with Crippen molar-refractivity contribution in [2.75, 3.05) is 6.54 Å². The summed E-state index contributed by atoms with van der Waals surface area (Å²) in [4.78, 5) is 1.23. The van der Waals surface area contributed by atoms with Crippen molar-refractivity contribution < 1.29 is 5.11 Å². The van der Waals surface area contributed by atoms with Crippen LogP contribution in [0, 0.1) is 0 Å². The van der Waals surface area contributed by atoms with Gasteiger partial charge in [0.15, 0.2) is 0 Å². The molecule has 0 fully saturated rings. The SMILES string of the molecule is NCCC1(O)CCCc2sc(Cl)cc21. The third kappa shape index (κ3) is 1.70. The molecule has 3 N–H and O–H groups in total. The van der Waals surface area contributed by atoms with E-state index in [-0.39, 0.29) is 0 Å². The summed E-state index contributed by atoms with van der Waals surface area (Å²) in [6.45, 7) is 0.517. The Morgan fingerprint density at radius 3 is 3.14 bits per heavy atom. The number of aliphatic hydroxyl groups is 1. The lowest BCUT2D eigenvalue weighted by Gasteiger charge is -2.32. The molecule has 1 aromatic rings. The third-order valence-corrected chi connectivity index (χ3v) is 4.16. The van der Waals surface area contributed by atoms with Gasteiger partial charge >= 0.3 is 0 Å². The van der Waals surface area contributed by atoms with Crippen LogP contribution in [-0.4, -0.2) is 11.7 Å². The van der Waals surface area contributed by atoms with Crippen LogP contribution in [0.3, 0.4) is 0 Å². The first-order valence-electron chi connectivity index (χ1n) is 4.87. The van der Waals surface area contributed by atoms with E-state index in [1.165, 1.54) is 4.88 Å². The van der Waals surface area contributed by atoms with Gasteiger partial charge in [-0.25, -0.2) is 0 Å². The van der Waals surface area contributed by atoms with Crippen LogP contribution in [0.4, 0.5) is 0 Å². The minimum atomic E-state index is -0.716. The summed E-state index contributed by atoms with van der Waals surface area (Å²) < 4.78 is 0.771. The molecule has 14 heavy (non-hydrogen) atoms. The topological polar surface area (TPSA) is 46.2 Å². The highest BCUT2D eigenvalue weighted by atomic mass is 35.5. The third-order valence-electron chi connectivity index (χ3n) is 2.83. The van der Waals surface area contributed by atoms with Crippen molar-refractivity contribution in [1.29, 1.82) is 0 Å². The van der Waals surface area contributed by atoms with Crippen molar-refractivity contribution in [3.63, 3.8) is 0 Å². The van der Waals surface area contributed by atoms with E-state index in [0.717, 1.165) is 29.2 Å². The molecular weight excluding hydrogens is 218 g/mol. The Bertz CT molecular complexity index is 339. The molecule has 1 aromatic heterocycles. The predicted molar refractivity (Wildman–Crippen MR) is 59.8 cm³/mol. The van der Waals surface area contributed by atoms with Crippen molar-refractivity contribution in [3.8, 4) is 0 Å². The van der Waals surface area contributed by atoms with Gasteiger partial charge in [-0.2, -0.15) is 0 Å². The van der Waals surface area contributed by atoms with Gasteiger partial charge < -0.3 is 10.8 Å². The van der Waals surface area contributed by atoms with Gasteiger partial charge in [0.1, 0.15) is 0 Å². The summed E-state index contributed by atoms with van der Waals surface area (Å²) in [7, 11) is 0. The Hall–Kier alpha value is -0.0900. The van der Waals surface area contributed by atoms with Gasteiger partial charge in [-0.1, -0.05) is 11.6 Å². The van der Waals surface area contributed by atoms with Crippen LogP contribution < -0.4 is 5.73 Å². The molecule has 0 bridgehead atoms. The molecule has 1 aliphatic rings. The fourth-order valence-corrected chi connectivity index (χ4v) is 3.56. The van der Waals surface area contributed by atoms with Crippen molar-refractivity contribution in [3.05, 3.63) is 20.8 Å². The number of halogens is 1. The maximum atomic E-state index is 10.4. The molecule has 0 aromatic carbocycles. The van der Waals surface area contributed by atoms with Crippen LogP contribution in [0.5, 0.6) is 0 Å². The maximum absolute atomic E-state index is 10.4. The summed E-state index contributed by atoms with van der Waals surface area (Å²) in [5.41, 5.74) is 5.82. The second-order valence-electron chi connectivity index (χ2n) is 3.81. The molecule has 0 radical (unpaired) electrons. The Balaban J connectivity index is 2.38. The predicted octanol–water partition coefficient (Wildman–Crippen LogP) is 2.27. The zero-order chi connectivity index (χ0) is 10.2. The van der Waals surface area contributed by atoms with Crippen LogP contribution in [0.1, 0.15) is 29.7 Å². The second-order valence-corrected chi connectivity index (χ2v) is 5.58. The molecule has 78 valence electrons. The lowest BCUT2D eigenvalue weighted by molar-refractivity contribution is 0.0134. The quantitative estimate of drug-likeness (QED) is 0.821. The number of hydrogen-bond acceptors (Lipinski definition) is 3. The van der Waals surface area contributed by atoms with Crippen LogP contribution in [0.15, 0.2) is 6.07 Å². The van der Waals surface area contributed by atoms with Gasteiger partial charge in [0, 0.05) is 4.88 Å². The Labute approximate surface area is 92.7 Å². The van der Waals surface area contributed by atoms with Crippen LogP contribution >= 0.6 is 22.9 Å². The van der Waals surface area contributed by atoms with E-state index in [2.05, 4.69) is 0 Å². The highest BCUT2D eigenvalue weighted by Crippen LogP contribution is 2.42. The van der Waals surface area contributed by atoms with E-state index in [0.29, 0.717) is 13.0 Å². The van der Waals surface area contributed by atoms with Gasteiger partial charge in [0.2, 0.25) is 0 Å². The van der Waals surface area contributed by atoms with Gasteiger partial charge in [-0.15, -0.1) is 11.3 Å². The Morgan fingerprint density at radius 1 is 1.64 bits per heavy atom. The normalized spacial score (nSPS) is 26.2. The van der Waals surface area contributed by atoms with Crippen LogP contribution in [-0.2, 0) is 12.0 Å². The molecule has 2 rings (SSSR count). The van der Waals surface area contributed by atoms with Gasteiger partial charge in [0.05, 0.1) is 9.94 Å². The van der Waals surface area contributed by atoms with Crippen LogP contribution in [0.25, 0.3) is 0 Å². The summed E-state index contributed by atoms with van der Waals surface area (Å²) in [6, 6.07) is 1.90. The molecule has 1 heterocycles. The number of fused-ring (bicyclic) bond motifs is 1. The zero-order valence-electron chi connectivity index (χ0n) is 7.92. The van der Waals surface area contributed by atoms with Gasteiger partial charge in [0.25, 0.3) is 0 Å². The van der Waals surface area contributed by atoms with E-state index < -0.39 is 5.60 Å². The minimum Gasteiger partial charge on any atom is -0.385 e. The molecule has 1 aliphatic carbocycles. The maximum Gasteiger partial charge on any atom is 0.0935 e. The van der Waals surface area contributed by atoms with Crippen molar-refractivity contribution in [2.24, 2.45) is 5.73 Å². The summed E-state index contributed by atoms with van der Waals surface area (Å²) >= 11 is 7.54. The lowest BCUT2D eigenvalue weighted by Crippen LogP contribution is -2.32. The summed E-state index contributed by atoms with van der Waals surface area (Å²) in [5, 5.41) is 10.4. The van der Waals surface area contributed by atoms with E-state index in [1.54, 1.807) is 11.3 Å². The van der Waals surface area contributed by atoms with Crippen LogP contribution in [0.2, 0.25) is 4.34 Å². The molecule has 0 saturated heterocycles. The van der Waals surface area contributed by atoms with E-state index in [9.17, 15) is 5.11 Å². The molecule has 0 spiro atoms. The summed E-state index contributed by atoms with van der Waals surface area (Å²) in [6.07, 6.45) is 3.51. The fraction of sp³-hybridized carbons (Fsp3) is 0.600. The first-order valence-corrected chi connectivity index (χ1v) is 6.06. The number of nitrogens with two attached hydrogens (primary N) is 1. The van der Waals surface area contributed by atoms with Crippen molar-refractivity contribution in [1.82, 2.24) is 0 Å². The Kier molecular flexibility index (Phi) is 2.84. The average Bonchev–Trinajstić information content (AvgIpc) is 2.48. The van der Waals surface area contributed by atoms with Gasteiger partial charge in [-0.05, 0) is 43.9 Å². The highest BCUT2D eigenvalue weighted by molar-refractivity contribution is 7.16. The smallest absolute Gasteiger partial charge is 0.0935 e.